The standard InChI is InChI=1S/C15H23N5/c1-6-14-9-16-13(5)18-15(14)17-8-12(4)20-11(3)7-10(2)19-20/h7,9,12H,6,8H2,1-5H3,(H,16,17,18)/t12-/m0/s1. The summed E-state index contributed by atoms with van der Waals surface area (Å²) >= 11 is 0. The molecular formula is C15H23N5. The fraction of sp³-hybridized carbons (Fsp3) is 0.533. The average molecular weight is 273 g/mol. The predicted molar refractivity (Wildman–Crippen MR) is 81.0 cm³/mol. The van der Waals surface area contributed by atoms with Gasteiger partial charge in [-0.25, -0.2) is 9.97 Å². The molecule has 0 radical (unpaired) electrons. The topological polar surface area (TPSA) is 55.6 Å². The van der Waals surface area contributed by atoms with Crippen LogP contribution in [-0.4, -0.2) is 26.3 Å². The molecule has 1 atom stereocenters. The molecule has 2 heterocycles. The van der Waals surface area contributed by atoms with Crippen LogP contribution in [0.2, 0.25) is 0 Å². The van der Waals surface area contributed by atoms with E-state index in [-0.39, 0.29) is 6.04 Å². The second-order valence-corrected chi connectivity index (χ2v) is 5.25. The number of hydrogen-bond donors (Lipinski definition) is 1. The van der Waals surface area contributed by atoms with Gasteiger partial charge in [-0.05, 0) is 40.2 Å². The molecule has 2 aromatic rings. The van der Waals surface area contributed by atoms with Gasteiger partial charge >= 0.3 is 0 Å². The minimum atomic E-state index is 0.281. The quantitative estimate of drug-likeness (QED) is 0.910. The highest BCUT2D eigenvalue weighted by atomic mass is 15.3. The van der Waals surface area contributed by atoms with Gasteiger partial charge in [-0.3, -0.25) is 4.68 Å². The molecule has 0 aromatic carbocycles. The minimum absolute atomic E-state index is 0.281. The van der Waals surface area contributed by atoms with Crippen LogP contribution >= 0.6 is 0 Å². The Balaban J connectivity index is 2.08. The van der Waals surface area contributed by atoms with E-state index in [1.165, 1.54) is 5.69 Å². The van der Waals surface area contributed by atoms with Crippen molar-refractivity contribution in [1.29, 1.82) is 0 Å². The lowest BCUT2D eigenvalue weighted by atomic mass is 10.2. The van der Waals surface area contributed by atoms with Gasteiger partial charge in [-0.1, -0.05) is 6.92 Å². The van der Waals surface area contributed by atoms with Crippen molar-refractivity contribution in [3.63, 3.8) is 0 Å². The van der Waals surface area contributed by atoms with Crippen molar-refractivity contribution in [2.45, 2.75) is 47.1 Å². The summed E-state index contributed by atoms with van der Waals surface area (Å²) < 4.78 is 2.06. The van der Waals surface area contributed by atoms with Gasteiger partial charge in [-0.2, -0.15) is 5.10 Å². The summed E-state index contributed by atoms with van der Waals surface area (Å²) in [4.78, 5) is 8.73. The summed E-state index contributed by atoms with van der Waals surface area (Å²) in [5.74, 6) is 1.73. The molecule has 0 amide bonds. The Bertz CT molecular complexity index is 588. The Hall–Kier alpha value is -1.91. The molecule has 5 nitrogen and oxygen atoms in total. The van der Waals surface area contributed by atoms with Gasteiger partial charge in [0.15, 0.2) is 0 Å². The van der Waals surface area contributed by atoms with E-state index in [0.717, 1.165) is 35.9 Å². The number of anilines is 1. The first-order valence-corrected chi connectivity index (χ1v) is 7.10. The van der Waals surface area contributed by atoms with Crippen LogP contribution in [0.3, 0.4) is 0 Å². The minimum Gasteiger partial charge on any atom is -0.368 e. The molecule has 0 saturated heterocycles. The number of hydrogen-bond acceptors (Lipinski definition) is 4. The molecule has 0 spiro atoms. The first kappa shape index (κ1) is 14.5. The first-order chi connectivity index (χ1) is 9.51. The van der Waals surface area contributed by atoms with Crippen LogP contribution in [0.1, 0.15) is 42.7 Å². The predicted octanol–water partition coefficient (Wildman–Crippen LogP) is 2.83. The van der Waals surface area contributed by atoms with E-state index in [1.54, 1.807) is 0 Å². The molecule has 5 heteroatoms. The molecule has 0 aliphatic carbocycles. The number of aromatic nitrogens is 4. The van der Waals surface area contributed by atoms with Crippen LogP contribution < -0.4 is 5.32 Å². The normalized spacial score (nSPS) is 12.4. The van der Waals surface area contributed by atoms with E-state index in [1.807, 2.05) is 20.0 Å². The Morgan fingerprint density at radius 2 is 2.05 bits per heavy atom. The lowest BCUT2D eigenvalue weighted by Crippen LogP contribution is -2.19. The van der Waals surface area contributed by atoms with Crippen LogP contribution in [0.5, 0.6) is 0 Å². The molecule has 1 N–H and O–H groups in total. The van der Waals surface area contributed by atoms with Crippen molar-refractivity contribution < 1.29 is 0 Å². The molecule has 20 heavy (non-hydrogen) atoms. The zero-order valence-corrected chi connectivity index (χ0v) is 12.9. The molecule has 0 unspecified atom stereocenters. The lowest BCUT2D eigenvalue weighted by Gasteiger charge is -2.17. The largest absolute Gasteiger partial charge is 0.368 e. The number of rotatable bonds is 5. The van der Waals surface area contributed by atoms with Crippen molar-refractivity contribution in [3.8, 4) is 0 Å². The maximum Gasteiger partial charge on any atom is 0.132 e. The van der Waals surface area contributed by atoms with Crippen molar-refractivity contribution in [3.05, 3.63) is 35.0 Å². The van der Waals surface area contributed by atoms with Gasteiger partial charge in [0.2, 0.25) is 0 Å². The van der Waals surface area contributed by atoms with Crippen molar-refractivity contribution in [1.82, 2.24) is 19.7 Å². The highest BCUT2D eigenvalue weighted by molar-refractivity contribution is 5.43. The monoisotopic (exact) mass is 273 g/mol. The fourth-order valence-electron chi connectivity index (χ4n) is 2.33. The molecule has 108 valence electrons. The molecule has 2 aromatic heterocycles. The zero-order valence-electron chi connectivity index (χ0n) is 12.9. The summed E-state index contributed by atoms with van der Waals surface area (Å²) in [6.45, 7) is 11.1. The summed E-state index contributed by atoms with van der Waals surface area (Å²) in [6, 6.07) is 2.38. The van der Waals surface area contributed by atoms with Crippen LogP contribution in [0.4, 0.5) is 5.82 Å². The molecule has 2 rings (SSSR count). The SMILES string of the molecule is CCc1cnc(C)nc1NC[C@H](C)n1nc(C)cc1C. The van der Waals surface area contributed by atoms with E-state index in [4.69, 9.17) is 0 Å². The van der Waals surface area contributed by atoms with E-state index >= 15 is 0 Å². The van der Waals surface area contributed by atoms with E-state index in [2.05, 4.69) is 51.9 Å². The molecule has 0 aliphatic heterocycles. The van der Waals surface area contributed by atoms with Crippen LogP contribution in [-0.2, 0) is 6.42 Å². The van der Waals surface area contributed by atoms with Crippen LogP contribution in [0.25, 0.3) is 0 Å². The van der Waals surface area contributed by atoms with E-state index in [9.17, 15) is 0 Å². The second-order valence-electron chi connectivity index (χ2n) is 5.25. The molecule has 0 saturated carbocycles. The number of aryl methyl sites for hydroxylation is 4. The van der Waals surface area contributed by atoms with Crippen molar-refractivity contribution >= 4 is 5.82 Å². The average Bonchev–Trinajstić information content (AvgIpc) is 2.75. The van der Waals surface area contributed by atoms with Crippen molar-refractivity contribution in [2.75, 3.05) is 11.9 Å². The maximum absolute atomic E-state index is 4.53. The smallest absolute Gasteiger partial charge is 0.132 e. The van der Waals surface area contributed by atoms with Crippen LogP contribution in [0, 0.1) is 20.8 Å². The maximum atomic E-state index is 4.53. The summed E-state index contributed by atoms with van der Waals surface area (Å²) in [5, 5.41) is 7.95. The number of nitrogens with zero attached hydrogens (tertiary/aromatic N) is 4. The zero-order chi connectivity index (χ0) is 14.7. The lowest BCUT2D eigenvalue weighted by molar-refractivity contribution is 0.497. The van der Waals surface area contributed by atoms with E-state index < -0.39 is 0 Å². The van der Waals surface area contributed by atoms with Crippen molar-refractivity contribution in [2.24, 2.45) is 0 Å². The van der Waals surface area contributed by atoms with Gasteiger partial charge in [0.1, 0.15) is 11.6 Å². The Morgan fingerprint density at radius 3 is 2.65 bits per heavy atom. The summed E-state index contributed by atoms with van der Waals surface area (Å²) in [7, 11) is 0. The molecular weight excluding hydrogens is 250 g/mol. The second kappa shape index (κ2) is 6.03. The Morgan fingerprint density at radius 1 is 1.30 bits per heavy atom. The van der Waals surface area contributed by atoms with Gasteiger partial charge in [-0.15, -0.1) is 0 Å². The summed E-state index contributed by atoms with van der Waals surface area (Å²) in [5.41, 5.74) is 3.39. The summed E-state index contributed by atoms with van der Waals surface area (Å²) in [6.07, 6.45) is 2.83. The van der Waals surface area contributed by atoms with Gasteiger partial charge in [0.05, 0.1) is 11.7 Å². The van der Waals surface area contributed by atoms with E-state index in [0.29, 0.717) is 0 Å². The highest BCUT2D eigenvalue weighted by Crippen LogP contribution is 2.15. The van der Waals surface area contributed by atoms with Gasteiger partial charge in [0.25, 0.3) is 0 Å². The molecule has 0 bridgehead atoms. The third-order valence-corrected chi connectivity index (χ3v) is 3.39. The highest BCUT2D eigenvalue weighted by Gasteiger charge is 2.11. The number of nitrogens with one attached hydrogen (secondary N) is 1. The van der Waals surface area contributed by atoms with Gasteiger partial charge in [0, 0.05) is 24.0 Å². The molecule has 0 aliphatic rings. The molecule has 0 fully saturated rings. The Kier molecular flexibility index (Phi) is 4.37. The van der Waals surface area contributed by atoms with Gasteiger partial charge < -0.3 is 5.32 Å². The third kappa shape index (κ3) is 3.15. The van der Waals surface area contributed by atoms with Crippen LogP contribution in [0.15, 0.2) is 12.3 Å². The third-order valence-electron chi connectivity index (χ3n) is 3.39. The first-order valence-electron chi connectivity index (χ1n) is 7.10. The Labute approximate surface area is 120 Å². The fourth-order valence-corrected chi connectivity index (χ4v) is 2.33.